The van der Waals surface area contributed by atoms with Gasteiger partial charge in [0.1, 0.15) is 11.5 Å². The molecule has 2 aromatic rings. The Hall–Kier alpha value is -1.91. The first kappa shape index (κ1) is 8.68. The lowest BCUT2D eigenvalue weighted by atomic mass is 10.2. The third-order valence-corrected chi connectivity index (χ3v) is 2.22. The molecule has 0 amide bonds. The van der Waals surface area contributed by atoms with E-state index in [9.17, 15) is 0 Å². The minimum Gasteiger partial charge on any atom is -0.382 e. The molecule has 0 aliphatic rings. The summed E-state index contributed by atoms with van der Waals surface area (Å²) in [6.07, 6.45) is 4.94. The van der Waals surface area contributed by atoms with Crippen LogP contribution in [0.15, 0.2) is 18.6 Å². The molecule has 5 heteroatoms. The minimum atomic E-state index is 0.434. The van der Waals surface area contributed by atoms with Crippen LogP contribution in [0, 0.1) is 6.92 Å². The molecule has 0 fully saturated rings. The fraction of sp³-hybridized carbons (Fsp3) is 0.222. The zero-order valence-electron chi connectivity index (χ0n) is 8.10. The van der Waals surface area contributed by atoms with Gasteiger partial charge in [-0.15, -0.1) is 0 Å². The average Bonchev–Trinajstić information content (AvgIpc) is 2.49. The Morgan fingerprint density at radius 3 is 2.57 bits per heavy atom. The normalized spacial score (nSPS) is 10.4. The predicted octanol–water partition coefficient (Wildman–Crippen LogP) is 0.768. The molecule has 0 spiro atoms. The molecule has 2 rings (SSSR count). The highest BCUT2D eigenvalue weighted by molar-refractivity contribution is 5.70. The van der Waals surface area contributed by atoms with Crippen LogP contribution in [-0.2, 0) is 7.05 Å². The number of nitrogens with zero attached hydrogens (tertiary/aromatic N) is 4. The molecular formula is C9H11N5. The molecule has 2 aromatic heterocycles. The van der Waals surface area contributed by atoms with E-state index >= 15 is 0 Å². The molecule has 0 radical (unpaired) electrons. The summed E-state index contributed by atoms with van der Waals surface area (Å²) in [5.74, 6) is 0.434. The summed E-state index contributed by atoms with van der Waals surface area (Å²) in [6.45, 7) is 1.97. The van der Waals surface area contributed by atoms with Gasteiger partial charge in [-0.3, -0.25) is 9.67 Å². The average molecular weight is 189 g/mol. The van der Waals surface area contributed by atoms with Crippen LogP contribution in [0.2, 0.25) is 0 Å². The number of rotatable bonds is 1. The molecule has 0 bridgehead atoms. The Morgan fingerprint density at radius 2 is 2.00 bits per heavy atom. The van der Waals surface area contributed by atoms with E-state index in [0.29, 0.717) is 11.5 Å². The molecule has 0 saturated carbocycles. The Morgan fingerprint density at radius 1 is 1.29 bits per heavy atom. The summed E-state index contributed by atoms with van der Waals surface area (Å²) in [4.78, 5) is 8.17. The molecule has 5 nitrogen and oxygen atoms in total. The van der Waals surface area contributed by atoms with Gasteiger partial charge in [-0.05, 0) is 6.92 Å². The molecule has 0 unspecified atom stereocenters. The third kappa shape index (κ3) is 1.22. The van der Waals surface area contributed by atoms with Crippen molar-refractivity contribution in [3.63, 3.8) is 0 Å². The minimum absolute atomic E-state index is 0.434. The van der Waals surface area contributed by atoms with Crippen molar-refractivity contribution in [1.29, 1.82) is 0 Å². The van der Waals surface area contributed by atoms with E-state index in [0.717, 1.165) is 11.3 Å². The van der Waals surface area contributed by atoms with Crippen molar-refractivity contribution in [1.82, 2.24) is 19.7 Å². The van der Waals surface area contributed by atoms with Gasteiger partial charge in [0.05, 0.1) is 6.20 Å². The predicted molar refractivity (Wildman–Crippen MR) is 53.4 cm³/mol. The first-order chi connectivity index (χ1) is 6.70. The van der Waals surface area contributed by atoms with Gasteiger partial charge in [0.25, 0.3) is 0 Å². The summed E-state index contributed by atoms with van der Waals surface area (Å²) in [5, 5.41) is 4.13. The number of nitrogens with two attached hydrogens (primary N) is 1. The Balaban J connectivity index is 2.60. The Bertz CT molecular complexity index is 460. The summed E-state index contributed by atoms with van der Waals surface area (Å²) in [5.41, 5.74) is 8.37. The van der Waals surface area contributed by atoms with Gasteiger partial charge in [-0.2, -0.15) is 5.10 Å². The smallest absolute Gasteiger partial charge is 0.150 e. The lowest BCUT2D eigenvalue weighted by Gasteiger charge is -2.01. The summed E-state index contributed by atoms with van der Waals surface area (Å²) < 4.78 is 1.78. The maximum absolute atomic E-state index is 5.72. The molecule has 72 valence electrons. The van der Waals surface area contributed by atoms with Crippen LogP contribution in [0.5, 0.6) is 0 Å². The zero-order chi connectivity index (χ0) is 10.1. The van der Waals surface area contributed by atoms with Gasteiger partial charge in [-0.25, -0.2) is 4.98 Å². The zero-order valence-corrected chi connectivity index (χ0v) is 8.10. The summed E-state index contributed by atoms with van der Waals surface area (Å²) in [7, 11) is 1.88. The lowest BCUT2D eigenvalue weighted by molar-refractivity contribution is 0.740. The number of aromatic nitrogens is 4. The van der Waals surface area contributed by atoms with Gasteiger partial charge in [0, 0.05) is 30.7 Å². The topological polar surface area (TPSA) is 69.6 Å². The fourth-order valence-corrected chi connectivity index (χ4v) is 1.29. The second-order valence-electron chi connectivity index (χ2n) is 3.06. The van der Waals surface area contributed by atoms with E-state index in [1.807, 2.05) is 14.0 Å². The van der Waals surface area contributed by atoms with Gasteiger partial charge in [0.2, 0.25) is 0 Å². The monoisotopic (exact) mass is 189 g/mol. The molecule has 2 N–H and O–H groups in total. The molecular weight excluding hydrogens is 178 g/mol. The lowest BCUT2D eigenvalue weighted by Crippen LogP contribution is -1.97. The highest BCUT2D eigenvalue weighted by atomic mass is 15.3. The summed E-state index contributed by atoms with van der Waals surface area (Å²) in [6, 6.07) is 0. The molecule has 2 heterocycles. The second kappa shape index (κ2) is 3.10. The number of hydrogen-bond acceptors (Lipinski definition) is 4. The molecule has 0 saturated heterocycles. The fourth-order valence-electron chi connectivity index (χ4n) is 1.29. The maximum atomic E-state index is 5.72. The van der Waals surface area contributed by atoms with Gasteiger partial charge in [-0.1, -0.05) is 0 Å². The van der Waals surface area contributed by atoms with Crippen LogP contribution in [0.4, 0.5) is 5.82 Å². The van der Waals surface area contributed by atoms with E-state index in [4.69, 9.17) is 5.73 Å². The van der Waals surface area contributed by atoms with Crippen LogP contribution < -0.4 is 5.73 Å². The van der Waals surface area contributed by atoms with Crippen molar-refractivity contribution in [3.8, 4) is 11.3 Å². The van der Waals surface area contributed by atoms with E-state index in [2.05, 4.69) is 15.1 Å². The van der Waals surface area contributed by atoms with E-state index in [-0.39, 0.29) is 0 Å². The number of hydrogen-bond donors (Lipinski definition) is 1. The van der Waals surface area contributed by atoms with Crippen molar-refractivity contribution in [2.75, 3.05) is 5.73 Å². The maximum Gasteiger partial charge on any atom is 0.150 e. The van der Waals surface area contributed by atoms with Crippen molar-refractivity contribution in [2.24, 2.45) is 7.05 Å². The van der Waals surface area contributed by atoms with E-state index in [1.54, 1.807) is 23.3 Å². The van der Waals surface area contributed by atoms with E-state index < -0.39 is 0 Å². The van der Waals surface area contributed by atoms with Gasteiger partial charge >= 0.3 is 0 Å². The highest BCUT2D eigenvalue weighted by Gasteiger charge is 2.10. The van der Waals surface area contributed by atoms with Crippen LogP contribution in [0.1, 0.15) is 5.69 Å². The molecule has 0 aliphatic carbocycles. The largest absolute Gasteiger partial charge is 0.382 e. The first-order valence-electron chi connectivity index (χ1n) is 4.25. The van der Waals surface area contributed by atoms with Gasteiger partial charge in [0.15, 0.2) is 0 Å². The van der Waals surface area contributed by atoms with Crippen molar-refractivity contribution in [2.45, 2.75) is 6.92 Å². The van der Waals surface area contributed by atoms with Crippen LogP contribution >= 0.6 is 0 Å². The SMILES string of the molecule is Cc1c(-c2nccnc2N)cnn1C. The third-order valence-electron chi connectivity index (χ3n) is 2.22. The standard InChI is InChI=1S/C9H11N5/c1-6-7(5-13-14(6)2)8-9(10)12-4-3-11-8/h3-5H,1-2H3,(H2,10,12). The number of nitrogen functional groups attached to an aromatic ring is 1. The number of anilines is 1. The molecule has 14 heavy (non-hydrogen) atoms. The van der Waals surface area contributed by atoms with Crippen molar-refractivity contribution in [3.05, 3.63) is 24.3 Å². The summed E-state index contributed by atoms with van der Waals surface area (Å²) >= 11 is 0. The highest BCUT2D eigenvalue weighted by Crippen LogP contribution is 2.23. The van der Waals surface area contributed by atoms with E-state index in [1.165, 1.54) is 0 Å². The van der Waals surface area contributed by atoms with Crippen LogP contribution in [0.3, 0.4) is 0 Å². The quantitative estimate of drug-likeness (QED) is 0.719. The molecule has 0 aromatic carbocycles. The van der Waals surface area contributed by atoms with Crippen LogP contribution in [0.25, 0.3) is 11.3 Å². The second-order valence-corrected chi connectivity index (χ2v) is 3.06. The molecule has 0 aliphatic heterocycles. The van der Waals surface area contributed by atoms with Crippen molar-refractivity contribution < 1.29 is 0 Å². The Kier molecular flexibility index (Phi) is 1.92. The first-order valence-corrected chi connectivity index (χ1v) is 4.25. The van der Waals surface area contributed by atoms with Crippen molar-refractivity contribution >= 4 is 5.82 Å². The number of aryl methyl sites for hydroxylation is 1. The molecule has 0 atom stereocenters. The Labute approximate surface area is 81.6 Å². The van der Waals surface area contributed by atoms with Gasteiger partial charge < -0.3 is 5.73 Å². The van der Waals surface area contributed by atoms with Crippen LogP contribution in [-0.4, -0.2) is 19.7 Å².